The average Bonchev–Trinajstić information content (AvgIpc) is 2.04. The maximum absolute atomic E-state index is 10.6. The molecule has 0 spiro atoms. The van der Waals surface area contributed by atoms with Gasteiger partial charge in [0.2, 0.25) is 0 Å². The number of allylic oxidation sites excluding steroid dienone is 2. The van der Waals surface area contributed by atoms with Crippen LogP contribution in [0, 0.1) is 11.8 Å². The number of hydrogen-bond donors (Lipinski definition) is 2. The van der Waals surface area contributed by atoms with Gasteiger partial charge in [-0.1, -0.05) is 12.2 Å². The molecule has 0 aliphatic heterocycles. The summed E-state index contributed by atoms with van der Waals surface area (Å²) in [6.07, 6.45) is 4.09. The summed E-state index contributed by atoms with van der Waals surface area (Å²) in [5, 5.41) is 17.3. The minimum absolute atomic E-state index is 0. The second kappa shape index (κ2) is 5.10. The molecule has 0 saturated carbocycles. The molecule has 68 valence electrons. The van der Waals surface area contributed by atoms with E-state index in [-0.39, 0.29) is 18.9 Å². The molecule has 0 aromatic rings. The van der Waals surface area contributed by atoms with Crippen molar-refractivity contribution >= 4 is 30.8 Å². The third-order valence-electron chi connectivity index (χ3n) is 2.07. The average molecular weight is 178 g/mol. The number of carboxylic acid groups (broad SMARTS) is 2. The predicted molar refractivity (Wildman–Crippen MR) is 47.8 cm³/mol. The summed E-state index contributed by atoms with van der Waals surface area (Å²) in [7, 11) is 0. The fourth-order valence-electron chi connectivity index (χ4n) is 1.36. The van der Waals surface area contributed by atoms with E-state index in [2.05, 4.69) is 0 Å². The van der Waals surface area contributed by atoms with Gasteiger partial charge in [0, 0.05) is 0 Å². The summed E-state index contributed by atoms with van der Waals surface area (Å²) in [6.45, 7) is 0. The Morgan fingerprint density at radius 1 is 1.00 bits per heavy atom. The molecule has 1 aliphatic carbocycles. The SMILES string of the molecule is O=C(O)C1CC=CCC1C(=O)O.[LiH]. The number of rotatable bonds is 2. The van der Waals surface area contributed by atoms with Crippen molar-refractivity contribution in [3.63, 3.8) is 0 Å². The third kappa shape index (κ3) is 2.91. The topological polar surface area (TPSA) is 74.6 Å². The Bertz CT molecular complexity index is 212. The van der Waals surface area contributed by atoms with E-state index in [1.54, 1.807) is 12.2 Å². The first-order valence-corrected chi connectivity index (χ1v) is 3.73. The van der Waals surface area contributed by atoms with Crippen LogP contribution in [0.3, 0.4) is 0 Å². The van der Waals surface area contributed by atoms with Crippen molar-refractivity contribution in [2.45, 2.75) is 12.8 Å². The quantitative estimate of drug-likeness (QED) is 0.464. The van der Waals surface area contributed by atoms with E-state index in [1.807, 2.05) is 0 Å². The molecule has 0 bridgehead atoms. The monoisotopic (exact) mass is 178 g/mol. The molecular formula is C8H11LiO4. The van der Waals surface area contributed by atoms with Gasteiger partial charge in [0.25, 0.3) is 0 Å². The van der Waals surface area contributed by atoms with Crippen molar-refractivity contribution in [2.75, 3.05) is 0 Å². The summed E-state index contributed by atoms with van der Waals surface area (Å²) in [5.41, 5.74) is 0. The summed E-state index contributed by atoms with van der Waals surface area (Å²) in [4.78, 5) is 21.1. The van der Waals surface area contributed by atoms with Gasteiger partial charge in [0.15, 0.2) is 0 Å². The number of hydrogen-bond acceptors (Lipinski definition) is 2. The van der Waals surface area contributed by atoms with E-state index in [1.165, 1.54) is 0 Å². The van der Waals surface area contributed by atoms with Crippen LogP contribution in [0.2, 0.25) is 0 Å². The van der Waals surface area contributed by atoms with Crippen LogP contribution in [0.5, 0.6) is 0 Å². The molecule has 13 heavy (non-hydrogen) atoms. The minimum atomic E-state index is -1.02. The zero-order valence-corrected chi connectivity index (χ0v) is 6.43. The summed E-state index contributed by atoms with van der Waals surface area (Å²) in [5.74, 6) is -3.56. The number of carbonyl (C=O) groups is 2. The van der Waals surface area contributed by atoms with E-state index in [4.69, 9.17) is 10.2 Å². The zero-order chi connectivity index (χ0) is 9.14. The molecule has 0 saturated heterocycles. The molecule has 2 unspecified atom stereocenters. The molecule has 2 atom stereocenters. The van der Waals surface area contributed by atoms with Crippen molar-refractivity contribution in [1.82, 2.24) is 0 Å². The van der Waals surface area contributed by atoms with Gasteiger partial charge in [-0.3, -0.25) is 9.59 Å². The second-order valence-corrected chi connectivity index (χ2v) is 2.83. The van der Waals surface area contributed by atoms with Gasteiger partial charge in [0.05, 0.1) is 11.8 Å². The van der Waals surface area contributed by atoms with E-state index < -0.39 is 23.8 Å². The van der Waals surface area contributed by atoms with Crippen molar-refractivity contribution in [2.24, 2.45) is 11.8 Å². The van der Waals surface area contributed by atoms with Crippen LogP contribution in [0.25, 0.3) is 0 Å². The van der Waals surface area contributed by atoms with Crippen molar-refractivity contribution in [1.29, 1.82) is 0 Å². The summed E-state index contributed by atoms with van der Waals surface area (Å²) in [6, 6.07) is 0. The zero-order valence-electron chi connectivity index (χ0n) is 6.43. The van der Waals surface area contributed by atoms with Gasteiger partial charge < -0.3 is 10.2 Å². The Kier molecular flexibility index (Phi) is 4.82. The van der Waals surface area contributed by atoms with E-state index in [9.17, 15) is 9.59 Å². The molecule has 0 radical (unpaired) electrons. The third-order valence-corrected chi connectivity index (χ3v) is 2.07. The van der Waals surface area contributed by atoms with Crippen LogP contribution in [0.1, 0.15) is 12.8 Å². The predicted octanol–water partition coefficient (Wildman–Crippen LogP) is 0.0895. The Hall–Kier alpha value is -0.723. The number of aliphatic carboxylic acids is 2. The van der Waals surface area contributed by atoms with Gasteiger partial charge >= 0.3 is 30.8 Å². The van der Waals surface area contributed by atoms with Crippen molar-refractivity contribution in [3.05, 3.63) is 12.2 Å². The molecule has 0 heterocycles. The first-order valence-electron chi connectivity index (χ1n) is 3.73. The van der Waals surface area contributed by atoms with Crippen LogP contribution in [0.4, 0.5) is 0 Å². The molecule has 1 rings (SSSR count). The van der Waals surface area contributed by atoms with Crippen LogP contribution in [0.15, 0.2) is 12.2 Å². The first-order chi connectivity index (χ1) is 5.63. The molecule has 1 aliphatic rings. The molecule has 4 nitrogen and oxygen atoms in total. The van der Waals surface area contributed by atoms with Gasteiger partial charge in [-0.15, -0.1) is 0 Å². The molecule has 0 fully saturated rings. The molecule has 2 N–H and O–H groups in total. The molecule has 0 aromatic carbocycles. The fraction of sp³-hybridized carbons (Fsp3) is 0.500. The molecule has 5 heteroatoms. The van der Waals surface area contributed by atoms with Gasteiger partial charge in [0.1, 0.15) is 0 Å². The van der Waals surface area contributed by atoms with Gasteiger partial charge in [-0.05, 0) is 12.8 Å². The normalized spacial score (nSPS) is 26.2. The Balaban J connectivity index is 0.00000144. The van der Waals surface area contributed by atoms with Crippen LogP contribution in [-0.4, -0.2) is 41.0 Å². The van der Waals surface area contributed by atoms with Crippen molar-refractivity contribution < 1.29 is 19.8 Å². The van der Waals surface area contributed by atoms with Crippen LogP contribution < -0.4 is 0 Å². The van der Waals surface area contributed by atoms with E-state index in [0.717, 1.165) is 0 Å². The molecule has 0 amide bonds. The molecular weight excluding hydrogens is 167 g/mol. The standard InChI is InChI=1S/C8H10O4.Li.H/c9-7(10)5-3-1-2-4-6(5)8(11)12;;/h1-2,5-6H,3-4H2,(H,9,10)(H,11,12);;. The Morgan fingerprint density at radius 2 is 1.31 bits per heavy atom. The van der Waals surface area contributed by atoms with Crippen LogP contribution >= 0.6 is 0 Å². The summed E-state index contributed by atoms with van der Waals surface area (Å²) < 4.78 is 0. The Morgan fingerprint density at radius 3 is 1.54 bits per heavy atom. The van der Waals surface area contributed by atoms with Gasteiger partial charge in [-0.25, -0.2) is 0 Å². The first kappa shape index (κ1) is 12.3. The van der Waals surface area contributed by atoms with E-state index >= 15 is 0 Å². The maximum atomic E-state index is 10.6. The Labute approximate surface area is 87.8 Å². The van der Waals surface area contributed by atoms with E-state index in [0.29, 0.717) is 12.8 Å². The number of carboxylic acids is 2. The van der Waals surface area contributed by atoms with Crippen molar-refractivity contribution in [3.8, 4) is 0 Å². The summed E-state index contributed by atoms with van der Waals surface area (Å²) >= 11 is 0. The molecule has 0 aromatic heterocycles. The second-order valence-electron chi connectivity index (χ2n) is 2.83. The van der Waals surface area contributed by atoms with Crippen LogP contribution in [-0.2, 0) is 9.59 Å². The van der Waals surface area contributed by atoms with Gasteiger partial charge in [-0.2, -0.15) is 0 Å². The fourth-order valence-corrected chi connectivity index (χ4v) is 1.36.